The highest BCUT2D eigenvalue weighted by atomic mass is 19.3. The topological polar surface area (TPSA) is 83.8 Å². The van der Waals surface area contributed by atoms with Gasteiger partial charge in [-0.05, 0) is 36.1 Å². The third-order valence-corrected chi connectivity index (χ3v) is 8.48. The van der Waals surface area contributed by atoms with Gasteiger partial charge in [-0.15, -0.1) is 6.42 Å². The van der Waals surface area contributed by atoms with Gasteiger partial charge in [0.1, 0.15) is 24.0 Å². The van der Waals surface area contributed by atoms with E-state index in [1.54, 1.807) is 18.3 Å². The van der Waals surface area contributed by atoms with Gasteiger partial charge in [-0.3, -0.25) is 4.90 Å². The van der Waals surface area contributed by atoms with Crippen molar-refractivity contribution < 1.29 is 27.8 Å². The Morgan fingerprint density at radius 3 is 2.57 bits per heavy atom. The van der Waals surface area contributed by atoms with E-state index in [0.29, 0.717) is 65.1 Å². The van der Waals surface area contributed by atoms with Crippen molar-refractivity contribution in [2.24, 2.45) is 5.41 Å². The quantitative estimate of drug-likeness (QED) is 0.320. The van der Waals surface area contributed by atoms with Crippen molar-refractivity contribution in [2.75, 3.05) is 57.4 Å². The number of hydrogen-bond acceptors (Lipinski definition) is 8. The highest BCUT2D eigenvalue weighted by Gasteiger charge is 2.72. The number of aromatic hydroxyl groups is 1. The second-order valence-corrected chi connectivity index (χ2v) is 11.3. The molecule has 216 valence electrons. The number of rotatable bonds is 7. The predicted molar refractivity (Wildman–Crippen MR) is 151 cm³/mol. The zero-order valence-corrected chi connectivity index (χ0v) is 22.7. The van der Waals surface area contributed by atoms with Gasteiger partial charge in [-0.2, -0.15) is 4.98 Å². The van der Waals surface area contributed by atoms with Crippen LogP contribution in [0.4, 0.5) is 19.0 Å². The van der Waals surface area contributed by atoms with E-state index < -0.39 is 17.2 Å². The minimum atomic E-state index is -2.83. The van der Waals surface area contributed by atoms with Gasteiger partial charge in [-0.1, -0.05) is 12.0 Å². The predicted octanol–water partition coefficient (Wildman–Crippen LogP) is 4.62. The third kappa shape index (κ3) is 4.55. The van der Waals surface area contributed by atoms with Crippen molar-refractivity contribution in [1.82, 2.24) is 19.9 Å². The van der Waals surface area contributed by atoms with E-state index in [1.165, 1.54) is 18.2 Å². The SMILES string of the molecule is C#Cc1c(F)ccc2cc(O)cc(-c3cc4nc(OCC5(CN6CCOCC6)CC5(F)F)ncc4c(N4CCC4)n3)c12. The largest absolute Gasteiger partial charge is 0.508 e. The first-order valence-electron chi connectivity index (χ1n) is 13.9. The monoisotopic (exact) mass is 575 g/mol. The zero-order valence-electron chi connectivity index (χ0n) is 22.7. The molecule has 7 rings (SSSR count). The standard InChI is InChI=1S/C31H28F3N5O3/c1-2-21-24(32)5-4-19-12-20(40)13-22(27(19)21)25-14-26-23(28(36-25)39-6-3-7-39)15-35-29(37-26)42-18-30(16-31(30,33)34)17-38-8-10-41-11-9-38/h1,4-5,12-15,40H,3,6-11,16-18H2. The van der Waals surface area contributed by atoms with E-state index in [9.17, 15) is 18.3 Å². The first-order chi connectivity index (χ1) is 20.3. The van der Waals surface area contributed by atoms with E-state index in [0.717, 1.165) is 19.5 Å². The fraction of sp³-hybridized carbons (Fsp3) is 0.387. The molecule has 2 aromatic carbocycles. The smallest absolute Gasteiger partial charge is 0.316 e. The Hall–Kier alpha value is -4.14. The lowest BCUT2D eigenvalue weighted by atomic mass is 9.96. The lowest BCUT2D eigenvalue weighted by Gasteiger charge is -2.33. The van der Waals surface area contributed by atoms with Gasteiger partial charge in [0, 0.05) is 56.3 Å². The number of halogens is 3. The van der Waals surface area contributed by atoms with Crippen LogP contribution < -0.4 is 9.64 Å². The molecule has 0 amide bonds. The average Bonchev–Trinajstić information content (AvgIpc) is 3.49. The maximum Gasteiger partial charge on any atom is 0.316 e. The summed E-state index contributed by atoms with van der Waals surface area (Å²) in [5, 5.41) is 12.2. The highest BCUT2D eigenvalue weighted by molar-refractivity contribution is 6.03. The molecule has 1 unspecified atom stereocenters. The Bertz CT molecular complexity index is 1750. The third-order valence-electron chi connectivity index (χ3n) is 8.48. The molecule has 8 nitrogen and oxygen atoms in total. The second-order valence-electron chi connectivity index (χ2n) is 11.3. The molecule has 3 aliphatic rings. The van der Waals surface area contributed by atoms with Gasteiger partial charge in [0.2, 0.25) is 0 Å². The summed E-state index contributed by atoms with van der Waals surface area (Å²) in [6.07, 6.45) is 8.03. The molecule has 11 heteroatoms. The van der Waals surface area contributed by atoms with E-state index >= 15 is 0 Å². The Kier molecular flexibility index (Phi) is 6.36. The number of nitrogens with zero attached hydrogens (tertiary/aromatic N) is 5. The number of terminal acetylenes is 1. The lowest BCUT2D eigenvalue weighted by molar-refractivity contribution is -0.0100. The number of anilines is 1. The molecule has 0 bridgehead atoms. The fourth-order valence-electron chi connectivity index (χ4n) is 5.89. The first kappa shape index (κ1) is 26.7. The number of pyridine rings is 1. The molecule has 1 N–H and O–H groups in total. The van der Waals surface area contributed by atoms with Crippen LogP contribution in [0, 0.1) is 23.6 Å². The average molecular weight is 576 g/mol. The minimum absolute atomic E-state index is 0.0191. The fourth-order valence-corrected chi connectivity index (χ4v) is 5.89. The van der Waals surface area contributed by atoms with Crippen molar-refractivity contribution in [3.8, 4) is 35.4 Å². The van der Waals surface area contributed by atoms with Crippen molar-refractivity contribution in [2.45, 2.75) is 18.8 Å². The van der Waals surface area contributed by atoms with Crippen LogP contribution in [0.25, 0.3) is 32.9 Å². The molecule has 2 aliphatic heterocycles. The number of phenolic OH excluding ortho intramolecular Hbond substituents is 1. The number of aromatic nitrogens is 3. The van der Waals surface area contributed by atoms with Crippen LogP contribution >= 0.6 is 0 Å². The molecule has 0 radical (unpaired) electrons. The van der Waals surface area contributed by atoms with Gasteiger partial charge in [0.05, 0.1) is 40.8 Å². The molecule has 2 aromatic heterocycles. The van der Waals surface area contributed by atoms with Crippen LogP contribution in [-0.2, 0) is 4.74 Å². The number of fused-ring (bicyclic) bond motifs is 2. The molecule has 42 heavy (non-hydrogen) atoms. The summed E-state index contributed by atoms with van der Waals surface area (Å²) in [6, 6.07) is 7.52. The zero-order chi connectivity index (χ0) is 29.1. The van der Waals surface area contributed by atoms with Gasteiger partial charge in [-0.25, -0.2) is 23.1 Å². The Balaban J connectivity index is 1.28. The van der Waals surface area contributed by atoms with Crippen molar-refractivity contribution >= 4 is 27.5 Å². The molecule has 3 fully saturated rings. The van der Waals surface area contributed by atoms with Crippen LogP contribution in [0.5, 0.6) is 11.8 Å². The Labute approximate surface area is 240 Å². The summed E-state index contributed by atoms with van der Waals surface area (Å²) in [4.78, 5) is 17.9. The minimum Gasteiger partial charge on any atom is -0.508 e. The van der Waals surface area contributed by atoms with E-state index in [-0.39, 0.29) is 36.9 Å². The highest BCUT2D eigenvalue weighted by Crippen LogP contribution is 2.61. The number of phenols is 1. The molecule has 2 saturated heterocycles. The van der Waals surface area contributed by atoms with Crippen molar-refractivity contribution in [1.29, 1.82) is 0 Å². The normalized spacial score (nSPS) is 21.7. The molecule has 4 heterocycles. The summed E-state index contributed by atoms with van der Waals surface area (Å²) >= 11 is 0. The van der Waals surface area contributed by atoms with Crippen LogP contribution in [-0.4, -0.2) is 83.4 Å². The van der Waals surface area contributed by atoms with Gasteiger partial charge in [0.15, 0.2) is 0 Å². The van der Waals surface area contributed by atoms with E-state index in [1.807, 2.05) is 4.90 Å². The summed E-state index contributed by atoms with van der Waals surface area (Å²) in [7, 11) is 0. The van der Waals surface area contributed by atoms with Gasteiger partial charge < -0.3 is 19.5 Å². The van der Waals surface area contributed by atoms with Crippen molar-refractivity contribution in [3.05, 3.63) is 47.9 Å². The van der Waals surface area contributed by atoms with Crippen LogP contribution in [0.3, 0.4) is 0 Å². The van der Waals surface area contributed by atoms with E-state index in [4.69, 9.17) is 20.9 Å². The second kappa shape index (κ2) is 10.00. The number of benzene rings is 2. The lowest BCUT2D eigenvalue weighted by Crippen LogP contribution is -2.43. The maximum absolute atomic E-state index is 14.7. The van der Waals surface area contributed by atoms with Crippen LogP contribution in [0.1, 0.15) is 18.4 Å². The summed E-state index contributed by atoms with van der Waals surface area (Å²) in [5.74, 6) is -0.342. The molecule has 1 atom stereocenters. The molecule has 4 aromatic rings. The van der Waals surface area contributed by atoms with Crippen molar-refractivity contribution in [3.63, 3.8) is 0 Å². The summed E-state index contributed by atoms with van der Waals surface area (Å²) < 4.78 is 55.1. The number of hydrogen-bond donors (Lipinski definition) is 1. The number of alkyl halides is 2. The summed E-state index contributed by atoms with van der Waals surface area (Å²) in [6.45, 7) is 3.82. The number of morpholine rings is 1. The van der Waals surface area contributed by atoms with Crippen LogP contribution in [0.15, 0.2) is 36.5 Å². The summed E-state index contributed by atoms with van der Waals surface area (Å²) in [5.41, 5.74) is 0.119. The molecule has 1 aliphatic carbocycles. The molecule has 1 saturated carbocycles. The maximum atomic E-state index is 14.7. The Morgan fingerprint density at radius 1 is 1.10 bits per heavy atom. The number of ether oxygens (including phenoxy) is 2. The van der Waals surface area contributed by atoms with Gasteiger partial charge in [0.25, 0.3) is 5.92 Å². The van der Waals surface area contributed by atoms with Crippen LogP contribution in [0.2, 0.25) is 0 Å². The molecular formula is C31H28F3N5O3. The molecule has 0 spiro atoms. The Morgan fingerprint density at radius 2 is 1.88 bits per heavy atom. The first-order valence-corrected chi connectivity index (χ1v) is 13.9. The van der Waals surface area contributed by atoms with Gasteiger partial charge >= 0.3 is 6.01 Å². The molecular weight excluding hydrogens is 547 g/mol. The van der Waals surface area contributed by atoms with E-state index in [2.05, 4.69) is 20.8 Å².